The van der Waals surface area contributed by atoms with E-state index in [1.165, 1.54) is 109 Å². The minimum Gasteiger partial charge on any atom is -0.103 e. The maximum absolute atomic E-state index is 3.96. The Morgan fingerprint density at radius 2 is 1.27 bits per heavy atom. The lowest BCUT2D eigenvalue weighted by atomic mass is 9.78. The fourth-order valence-corrected chi connectivity index (χ4v) is 5.22. The first-order valence-electron chi connectivity index (χ1n) is 12.1. The van der Waals surface area contributed by atoms with Gasteiger partial charge in [0, 0.05) is 0 Å². The average molecular weight is 359 g/mol. The first-order valence-corrected chi connectivity index (χ1v) is 12.1. The van der Waals surface area contributed by atoms with E-state index >= 15 is 0 Å². The molecule has 0 unspecified atom stereocenters. The molecule has 0 bridgehead atoms. The van der Waals surface area contributed by atoms with Crippen LogP contribution in [0.2, 0.25) is 0 Å². The molecule has 2 fully saturated rings. The second-order valence-electron chi connectivity index (χ2n) is 9.36. The van der Waals surface area contributed by atoms with Gasteiger partial charge in [-0.05, 0) is 62.2 Å². The van der Waals surface area contributed by atoms with Crippen LogP contribution >= 0.6 is 0 Å². The summed E-state index contributed by atoms with van der Waals surface area (Å²) >= 11 is 0. The van der Waals surface area contributed by atoms with E-state index in [9.17, 15) is 0 Å². The maximum Gasteiger partial charge on any atom is -0.0233 e. The van der Waals surface area contributed by atoms with Gasteiger partial charge in [0.1, 0.15) is 0 Å². The molecule has 0 aliphatic heterocycles. The number of hydrogen-bond acceptors (Lipinski definition) is 0. The third-order valence-electron chi connectivity index (χ3n) is 7.23. The summed E-state index contributed by atoms with van der Waals surface area (Å²) in [5, 5.41) is 0. The minimum atomic E-state index is 0.797. The molecular formula is C26H46. The molecule has 2 rings (SSSR count). The summed E-state index contributed by atoms with van der Waals surface area (Å²) in [6, 6.07) is 0. The van der Waals surface area contributed by atoms with Crippen molar-refractivity contribution in [2.24, 2.45) is 23.7 Å². The first-order chi connectivity index (χ1) is 12.8. The Labute approximate surface area is 164 Å². The zero-order chi connectivity index (χ0) is 18.5. The fraction of sp³-hybridized carbons (Fsp3) is 0.846. The maximum atomic E-state index is 3.96. The molecule has 0 saturated heterocycles. The molecule has 2 saturated carbocycles. The Balaban J connectivity index is 1.46. The summed E-state index contributed by atoms with van der Waals surface area (Å²) in [4.78, 5) is 0. The van der Waals surface area contributed by atoms with Crippen LogP contribution in [0.3, 0.4) is 0 Å². The summed E-state index contributed by atoms with van der Waals surface area (Å²) in [5.74, 6) is 3.75. The molecule has 0 heterocycles. The molecule has 0 atom stereocenters. The summed E-state index contributed by atoms with van der Waals surface area (Å²) < 4.78 is 0. The molecule has 2 aliphatic rings. The van der Waals surface area contributed by atoms with Crippen LogP contribution in [0.4, 0.5) is 0 Å². The van der Waals surface area contributed by atoms with E-state index in [0.717, 1.165) is 23.7 Å². The number of unbranched alkanes of at least 4 members (excludes halogenated alkanes) is 5. The minimum absolute atomic E-state index is 0.797. The van der Waals surface area contributed by atoms with Crippen LogP contribution in [0.1, 0.15) is 116 Å². The summed E-state index contributed by atoms with van der Waals surface area (Å²) in [5.41, 5.74) is 0. The van der Waals surface area contributed by atoms with E-state index < -0.39 is 0 Å². The van der Waals surface area contributed by atoms with Gasteiger partial charge in [-0.25, -0.2) is 0 Å². The largest absolute Gasteiger partial charge is 0.103 e. The van der Waals surface area contributed by atoms with Gasteiger partial charge in [-0.2, -0.15) is 0 Å². The quantitative estimate of drug-likeness (QED) is 0.241. The summed E-state index contributed by atoms with van der Waals surface area (Å²) in [6.45, 7) is 6.26. The SMILES string of the molecule is C=C[C@H]1CC[C@H](/C=C/CC[C@H]2CC[C@H](CCCCCCCC)CC2)CC1. The molecule has 0 nitrogen and oxygen atoms in total. The zero-order valence-corrected chi connectivity index (χ0v) is 17.8. The highest BCUT2D eigenvalue weighted by Crippen LogP contribution is 2.35. The highest BCUT2D eigenvalue weighted by Gasteiger charge is 2.20. The van der Waals surface area contributed by atoms with E-state index in [4.69, 9.17) is 0 Å². The Morgan fingerprint density at radius 1 is 0.692 bits per heavy atom. The van der Waals surface area contributed by atoms with Crippen LogP contribution in [0.5, 0.6) is 0 Å². The van der Waals surface area contributed by atoms with Crippen molar-refractivity contribution < 1.29 is 0 Å². The number of rotatable bonds is 12. The van der Waals surface area contributed by atoms with Gasteiger partial charge < -0.3 is 0 Å². The van der Waals surface area contributed by atoms with Crippen LogP contribution in [-0.4, -0.2) is 0 Å². The predicted octanol–water partition coefficient (Wildman–Crippen LogP) is 8.87. The van der Waals surface area contributed by atoms with Crippen molar-refractivity contribution >= 4 is 0 Å². The molecule has 0 aromatic rings. The standard InChI is InChI=1S/C26H46/c1-3-5-6-7-8-9-12-24-19-21-26(22-20-24)14-11-10-13-25-17-15-23(4-2)16-18-25/h4,10,13,23-26H,2-3,5-9,11-12,14-22H2,1H3/b13-10+/t23-,24-,25-,26-. The van der Waals surface area contributed by atoms with Crippen LogP contribution in [0.25, 0.3) is 0 Å². The lowest BCUT2D eigenvalue weighted by molar-refractivity contribution is 0.249. The van der Waals surface area contributed by atoms with Crippen LogP contribution < -0.4 is 0 Å². The van der Waals surface area contributed by atoms with Crippen LogP contribution in [0, 0.1) is 23.7 Å². The second-order valence-corrected chi connectivity index (χ2v) is 9.36. The topological polar surface area (TPSA) is 0 Å². The fourth-order valence-electron chi connectivity index (χ4n) is 5.22. The number of allylic oxidation sites excluding steroid dienone is 3. The molecule has 0 aromatic heterocycles. The molecule has 0 spiro atoms. The van der Waals surface area contributed by atoms with Crippen molar-refractivity contribution in [2.45, 2.75) is 116 Å². The van der Waals surface area contributed by atoms with E-state index in [1.54, 1.807) is 0 Å². The summed E-state index contributed by atoms with van der Waals surface area (Å²) in [7, 11) is 0. The van der Waals surface area contributed by atoms with Crippen molar-refractivity contribution in [1.29, 1.82) is 0 Å². The van der Waals surface area contributed by atoms with Crippen molar-refractivity contribution in [2.75, 3.05) is 0 Å². The van der Waals surface area contributed by atoms with Crippen LogP contribution in [0.15, 0.2) is 24.8 Å². The number of hydrogen-bond donors (Lipinski definition) is 0. The monoisotopic (exact) mass is 358 g/mol. The highest BCUT2D eigenvalue weighted by atomic mass is 14.3. The van der Waals surface area contributed by atoms with Gasteiger partial charge in [-0.1, -0.05) is 95.8 Å². The third-order valence-corrected chi connectivity index (χ3v) is 7.23. The van der Waals surface area contributed by atoms with Crippen molar-refractivity contribution in [3.8, 4) is 0 Å². The average Bonchev–Trinajstić information content (AvgIpc) is 2.69. The normalized spacial score (nSPS) is 29.9. The first kappa shape index (κ1) is 21.8. The van der Waals surface area contributed by atoms with Crippen molar-refractivity contribution in [3.63, 3.8) is 0 Å². The molecule has 0 aromatic carbocycles. The van der Waals surface area contributed by atoms with Crippen LogP contribution in [-0.2, 0) is 0 Å². The lowest BCUT2D eigenvalue weighted by Gasteiger charge is -2.28. The van der Waals surface area contributed by atoms with Crippen molar-refractivity contribution in [1.82, 2.24) is 0 Å². The molecule has 0 N–H and O–H groups in total. The van der Waals surface area contributed by atoms with Gasteiger partial charge in [-0.15, -0.1) is 6.58 Å². The lowest BCUT2D eigenvalue weighted by Crippen LogP contribution is -2.14. The molecule has 26 heavy (non-hydrogen) atoms. The van der Waals surface area contributed by atoms with E-state index in [-0.39, 0.29) is 0 Å². The van der Waals surface area contributed by atoms with Gasteiger partial charge in [0.15, 0.2) is 0 Å². The summed E-state index contributed by atoms with van der Waals surface area (Å²) in [6.07, 6.45) is 31.8. The molecule has 0 heteroatoms. The van der Waals surface area contributed by atoms with Gasteiger partial charge in [0.2, 0.25) is 0 Å². The van der Waals surface area contributed by atoms with E-state index in [2.05, 4.69) is 31.7 Å². The Bertz CT molecular complexity index is 363. The zero-order valence-electron chi connectivity index (χ0n) is 17.8. The Kier molecular flexibility index (Phi) is 11.4. The Hall–Kier alpha value is -0.520. The van der Waals surface area contributed by atoms with Gasteiger partial charge in [-0.3, -0.25) is 0 Å². The van der Waals surface area contributed by atoms with Crippen molar-refractivity contribution in [3.05, 3.63) is 24.8 Å². The second kappa shape index (κ2) is 13.6. The molecular weight excluding hydrogens is 312 g/mol. The van der Waals surface area contributed by atoms with Gasteiger partial charge in [0.05, 0.1) is 0 Å². The molecule has 0 amide bonds. The van der Waals surface area contributed by atoms with Gasteiger partial charge >= 0.3 is 0 Å². The molecule has 0 radical (unpaired) electrons. The third kappa shape index (κ3) is 8.92. The molecule has 2 aliphatic carbocycles. The van der Waals surface area contributed by atoms with E-state index in [0.29, 0.717) is 0 Å². The smallest absolute Gasteiger partial charge is 0.0233 e. The van der Waals surface area contributed by atoms with E-state index in [1.807, 2.05) is 0 Å². The predicted molar refractivity (Wildman–Crippen MR) is 117 cm³/mol. The van der Waals surface area contributed by atoms with Gasteiger partial charge in [0.25, 0.3) is 0 Å². The molecule has 150 valence electrons. The Morgan fingerprint density at radius 3 is 1.92 bits per heavy atom. The highest BCUT2D eigenvalue weighted by molar-refractivity contribution is 4.94.